The average Bonchev–Trinajstić information content (AvgIpc) is 3.39. The molecular weight excluding hydrogens is 544 g/mol. The lowest BCUT2D eigenvalue weighted by Crippen LogP contribution is -2.33. The predicted octanol–water partition coefficient (Wildman–Crippen LogP) is 4.81. The fraction of sp³-hybridized carbons (Fsp3) is 0.407. The Morgan fingerprint density at radius 2 is 1.77 bits per heavy atom. The van der Waals surface area contributed by atoms with Crippen LogP contribution in [0.15, 0.2) is 60.0 Å². The van der Waals surface area contributed by atoms with Gasteiger partial charge in [-0.3, -0.25) is 0 Å². The molecule has 3 rings (SSSR count). The minimum absolute atomic E-state index is 0.0760. The molecule has 0 fully saturated rings. The number of aromatic hydroxyl groups is 1. The number of methoxy groups -OCH3 is 1. The van der Waals surface area contributed by atoms with Crippen LogP contribution < -0.4 is 0 Å². The summed E-state index contributed by atoms with van der Waals surface area (Å²) >= 11 is 1.78. The molecule has 0 saturated heterocycles. The minimum atomic E-state index is -1.09. The molecule has 1 heterocycles. The first-order valence-electron chi connectivity index (χ1n) is 12.2. The van der Waals surface area contributed by atoms with Gasteiger partial charge in [0, 0.05) is 37.9 Å². The Hall–Kier alpha value is -3.94. The maximum atomic E-state index is 11.5. The molecule has 0 spiro atoms. The van der Waals surface area contributed by atoms with Crippen molar-refractivity contribution in [3.8, 4) is 5.75 Å². The topological polar surface area (TPSA) is 147 Å². The second-order valence-corrected chi connectivity index (χ2v) is 9.25. The third-order valence-electron chi connectivity index (χ3n) is 4.89. The zero-order valence-electron chi connectivity index (χ0n) is 23.2. The SMILES string of the molecule is CCN(C)C(=O)OC(C)OC(=O)COCC(COC)O[N+](=O)[O-].Cc1cccs1.Oc1cccc2ccccc12. The summed E-state index contributed by atoms with van der Waals surface area (Å²) in [4.78, 5) is 40.1. The lowest BCUT2D eigenvalue weighted by Gasteiger charge is -2.19. The smallest absolute Gasteiger partial charge is 0.412 e. The zero-order valence-corrected chi connectivity index (χ0v) is 24.0. The molecule has 40 heavy (non-hydrogen) atoms. The van der Waals surface area contributed by atoms with Gasteiger partial charge in [-0.2, -0.15) is 0 Å². The number of amides is 1. The van der Waals surface area contributed by atoms with E-state index in [4.69, 9.17) is 18.9 Å². The highest BCUT2D eigenvalue weighted by molar-refractivity contribution is 7.09. The van der Waals surface area contributed by atoms with Gasteiger partial charge in [-0.1, -0.05) is 42.5 Å². The summed E-state index contributed by atoms with van der Waals surface area (Å²) in [7, 11) is 2.87. The van der Waals surface area contributed by atoms with Crippen LogP contribution in [0.5, 0.6) is 5.75 Å². The van der Waals surface area contributed by atoms with Crippen LogP contribution >= 0.6 is 11.3 Å². The predicted molar refractivity (Wildman–Crippen MR) is 150 cm³/mol. The Morgan fingerprint density at radius 1 is 1.07 bits per heavy atom. The molecule has 12 nitrogen and oxygen atoms in total. The maximum absolute atomic E-state index is 11.5. The van der Waals surface area contributed by atoms with E-state index in [0.29, 0.717) is 12.3 Å². The number of esters is 1. The number of fused-ring (bicyclic) bond motifs is 1. The second kappa shape index (κ2) is 19.2. The number of phenolic OH excluding ortho intramolecular Hbond substituents is 1. The number of carbonyl (C=O) groups excluding carboxylic acids is 2. The Labute approximate surface area is 237 Å². The highest BCUT2D eigenvalue weighted by Crippen LogP contribution is 2.22. The largest absolute Gasteiger partial charge is 0.507 e. The van der Waals surface area contributed by atoms with Gasteiger partial charge >= 0.3 is 12.1 Å². The lowest BCUT2D eigenvalue weighted by atomic mass is 10.1. The third-order valence-corrected chi connectivity index (χ3v) is 5.69. The van der Waals surface area contributed by atoms with E-state index in [9.17, 15) is 24.8 Å². The molecule has 1 N–H and O–H groups in total. The van der Waals surface area contributed by atoms with Crippen molar-refractivity contribution in [3.05, 3.63) is 75.0 Å². The molecule has 1 aromatic heterocycles. The fourth-order valence-electron chi connectivity index (χ4n) is 2.86. The van der Waals surface area contributed by atoms with Crippen molar-refractivity contribution in [1.29, 1.82) is 0 Å². The van der Waals surface area contributed by atoms with Gasteiger partial charge in [0.15, 0.2) is 6.10 Å². The van der Waals surface area contributed by atoms with Gasteiger partial charge in [-0.15, -0.1) is 21.5 Å². The monoisotopic (exact) mass is 580 g/mol. The Bertz CT molecular complexity index is 1150. The van der Waals surface area contributed by atoms with E-state index < -0.39 is 36.2 Å². The van der Waals surface area contributed by atoms with Crippen LogP contribution in [0.4, 0.5) is 4.79 Å². The number of benzene rings is 2. The van der Waals surface area contributed by atoms with Gasteiger partial charge in [-0.25, -0.2) is 9.59 Å². The van der Waals surface area contributed by atoms with Gasteiger partial charge in [0.1, 0.15) is 12.4 Å². The quantitative estimate of drug-likeness (QED) is 0.145. The van der Waals surface area contributed by atoms with Gasteiger partial charge < -0.3 is 33.8 Å². The zero-order chi connectivity index (χ0) is 29.9. The third kappa shape index (κ3) is 14.3. The second-order valence-electron chi connectivity index (χ2n) is 8.10. The van der Waals surface area contributed by atoms with Gasteiger partial charge in [0.2, 0.25) is 6.29 Å². The van der Waals surface area contributed by atoms with Crippen molar-refractivity contribution in [2.24, 2.45) is 0 Å². The minimum Gasteiger partial charge on any atom is -0.507 e. The van der Waals surface area contributed by atoms with Crippen molar-refractivity contribution in [1.82, 2.24) is 4.90 Å². The Balaban J connectivity index is 0.000000377. The van der Waals surface area contributed by atoms with Gasteiger partial charge in [0.25, 0.3) is 5.09 Å². The standard InChI is InChI=1S/C12H22N2O9.C10H8O.C5H6S/c1-5-13(3)12(16)22-9(2)21-11(15)8-20-7-10(6-19-4)23-14(17)18;11-10-7-3-5-8-4-1-2-6-9(8)10;1-5-3-2-4-6-5/h9-10H,5-8H2,1-4H3;1-7,11H;2-4H,1H3. The van der Waals surface area contributed by atoms with Crippen LogP contribution in [0.2, 0.25) is 0 Å². The Kier molecular flexibility index (Phi) is 16.3. The molecular formula is C27H36N2O10S. The first-order chi connectivity index (χ1) is 19.1. The van der Waals surface area contributed by atoms with E-state index in [-0.39, 0.29) is 13.2 Å². The van der Waals surface area contributed by atoms with Crippen LogP contribution in [0.25, 0.3) is 10.8 Å². The molecule has 0 radical (unpaired) electrons. The fourth-order valence-corrected chi connectivity index (χ4v) is 3.39. The molecule has 2 unspecified atom stereocenters. The summed E-state index contributed by atoms with van der Waals surface area (Å²) < 4.78 is 19.3. The normalized spacial score (nSPS) is 11.5. The number of nitrogens with zero attached hydrogens (tertiary/aromatic N) is 2. The first-order valence-corrected chi connectivity index (χ1v) is 13.1. The summed E-state index contributed by atoms with van der Waals surface area (Å²) in [6.07, 6.45) is -2.68. The lowest BCUT2D eigenvalue weighted by molar-refractivity contribution is -0.769. The number of rotatable bonds is 11. The molecule has 0 aliphatic rings. The van der Waals surface area contributed by atoms with E-state index in [2.05, 4.69) is 29.3 Å². The molecule has 13 heteroatoms. The van der Waals surface area contributed by atoms with Crippen LogP contribution in [-0.2, 0) is 28.6 Å². The summed E-state index contributed by atoms with van der Waals surface area (Å²) in [5.74, 6) is -0.440. The number of hydrogen-bond acceptors (Lipinski definition) is 11. The molecule has 3 aromatic rings. The molecule has 0 aliphatic carbocycles. The number of thiophene rings is 1. The van der Waals surface area contributed by atoms with E-state index >= 15 is 0 Å². The van der Waals surface area contributed by atoms with Gasteiger partial charge in [0.05, 0.1) is 13.2 Å². The number of ether oxygens (including phenoxy) is 4. The molecule has 2 aromatic carbocycles. The van der Waals surface area contributed by atoms with E-state index in [1.807, 2.05) is 36.4 Å². The summed E-state index contributed by atoms with van der Waals surface area (Å²) in [5, 5.41) is 22.7. The van der Waals surface area contributed by atoms with Crippen molar-refractivity contribution in [2.75, 3.05) is 40.5 Å². The number of hydrogen-bond donors (Lipinski definition) is 1. The average molecular weight is 581 g/mol. The number of phenols is 1. The molecule has 2 atom stereocenters. The van der Waals surface area contributed by atoms with E-state index in [1.54, 1.807) is 24.3 Å². The molecule has 1 amide bonds. The summed E-state index contributed by atoms with van der Waals surface area (Å²) in [6, 6.07) is 17.4. The van der Waals surface area contributed by atoms with E-state index in [0.717, 1.165) is 10.8 Å². The molecule has 220 valence electrons. The van der Waals surface area contributed by atoms with Crippen molar-refractivity contribution in [3.63, 3.8) is 0 Å². The number of carbonyl (C=O) groups is 2. The summed E-state index contributed by atoms with van der Waals surface area (Å²) in [5.41, 5.74) is 0. The molecule has 0 aliphatic heterocycles. The highest BCUT2D eigenvalue weighted by Gasteiger charge is 2.18. The highest BCUT2D eigenvalue weighted by atomic mass is 32.1. The Morgan fingerprint density at radius 3 is 2.33 bits per heavy atom. The first kappa shape index (κ1) is 34.1. The number of aryl methyl sites for hydroxylation is 1. The van der Waals surface area contributed by atoms with Crippen molar-refractivity contribution in [2.45, 2.75) is 33.2 Å². The van der Waals surface area contributed by atoms with Crippen molar-refractivity contribution >= 4 is 34.2 Å². The molecule has 0 bridgehead atoms. The van der Waals surface area contributed by atoms with Crippen LogP contribution in [0.3, 0.4) is 0 Å². The van der Waals surface area contributed by atoms with Crippen LogP contribution in [0.1, 0.15) is 18.7 Å². The van der Waals surface area contributed by atoms with Crippen molar-refractivity contribution < 1.29 is 43.6 Å². The molecule has 0 saturated carbocycles. The van der Waals surface area contributed by atoms with Crippen LogP contribution in [0, 0.1) is 17.0 Å². The maximum Gasteiger partial charge on any atom is 0.412 e. The van der Waals surface area contributed by atoms with E-state index in [1.165, 1.54) is 30.9 Å². The summed E-state index contributed by atoms with van der Waals surface area (Å²) in [6.45, 7) is 4.89. The van der Waals surface area contributed by atoms with Gasteiger partial charge in [-0.05, 0) is 36.7 Å². The van der Waals surface area contributed by atoms with Crippen LogP contribution in [-0.4, -0.2) is 80.1 Å².